The summed E-state index contributed by atoms with van der Waals surface area (Å²) in [7, 11) is 0. The third-order valence-corrected chi connectivity index (χ3v) is 4.09. The lowest BCUT2D eigenvalue weighted by Gasteiger charge is -2.21. The van der Waals surface area contributed by atoms with Crippen LogP contribution >= 0.6 is 0 Å². The van der Waals surface area contributed by atoms with Crippen molar-refractivity contribution < 1.29 is 14.5 Å². The summed E-state index contributed by atoms with van der Waals surface area (Å²) in [5, 5.41) is 2.32. The lowest BCUT2D eigenvalue weighted by Crippen LogP contribution is -2.82. The fraction of sp³-hybridized carbons (Fsp3) is 0.500. The van der Waals surface area contributed by atoms with Gasteiger partial charge < -0.3 is 14.5 Å². The summed E-state index contributed by atoms with van der Waals surface area (Å²) in [6.45, 7) is 10.7. The van der Waals surface area contributed by atoms with E-state index in [1.807, 2.05) is 12.1 Å². The highest BCUT2D eigenvalue weighted by Crippen LogP contribution is 2.28. The van der Waals surface area contributed by atoms with Gasteiger partial charge in [0.1, 0.15) is 12.3 Å². The van der Waals surface area contributed by atoms with E-state index in [2.05, 4.69) is 57.3 Å². The van der Waals surface area contributed by atoms with Gasteiger partial charge in [0.2, 0.25) is 0 Å². The number of quaternary nitrogens is 1. The molecular weight excluding hydrogens is 286 g/mol. The lowest BCUT2D eigenvalue weighted by molar-refractivity contribution is -0.673. The zero-order chi connectivity index (χ0) is 16.7. The lowest BCUT2D eigenvalue weighted by atomic mass is 9.86. The van der Waals surface area contributed by atoms with Gasteiger partial charge in [0, 0.05) is 6.42 Å². The summed E-state index contributed by atoms with van der Waals surface area (Å²) in [5.74, 6) is 3.21. The van der Waals surface area contributed by atoms with Crippen molar-refractivity contribution in [3.63, 3.8) is 0 Å². The van der Waals surface area contributed by atoms with Crippen LogP contribution in [-0.4, -0.2) is 12.6 Å². The SMILES string of the molecule is CC(C)Oc1ccc([C@H](CC[NH2+]Cc2ccco2)C(C)C)cc1. The van der Waals surface area contributed by atoms with Crippen LogP contribution in [0.2, 0.25) is 0 Å². The number of furan rings is 1. The van der Waals surface area contributed by atoms with E-state index in [0.717, 1.165) is 24.6 Å². The van der Waals surface area contributed by atoms with Crippen LogP contribution in [0.4, 0.5) is 0 Å². The van der Waals surface area contributed by atoms with Crippen LogP contribution < -0.4 is 10.1 Å². The summed E-state index contributed by atoms with van der Waals surface area (Å²) < 4.78 is 11.1. The number of rotatable bonds is 9. The fourth-order valence-corrected chi connectivity index (χ4v) is 2.92. The van der Waals surface area contributed by atoms with Crippen molar-refractivity contribution in [3.8, 4) is 5.75 Å². The number of hydrogen-bond donors (Lipinski definition) is 1. The molecular formula is C20H30NO2+. The Morgan fingerprint density at radius 2 is 1.78 bits per heavy atom. The van der Waals surface area contributed by atoms with Crippen LogP contribution in [0.3, 0.4) is 0 Å². The molecule has 1 aromatic heterocycles. The monoisotopic (exact) mass is 316 g/mol. The van der Waals surface area contributed by atoms with Crippen LogP contribution in [-0.2, 0) is 6.54 Å². The van der Waals surface area contributed by atoms with E-state index < -0.39 is 0 Å². The summed E-state index contributed by atoms with van der Waals surface area (Å²) in [4.78, 5) is 0. The van der Waals surface area contributed by atoms with Crippen LogP contribution in [0.25, 0.3) is 0 Å². The highest BCUT2D eigenvalue weighted by molar-refractivity contribution is 5.29. The van der Waals surface area contributed by atoms with E-state index in [-0.39, 0.29) is 6.10 Å². The highest BCUT2D eigenvalue weighted by Gasteiger charge is 2.16. The molecule has 0 spiro atoms. The van der Waals surface area contributed by atoms with E-state index in [0.29, 0.717) is 11.8 Å². The van der Waals surface area contributed by atoms with Gasteiger partial charge in [-0.1, -0.05) is 26.0 Å². The number of hydrogen-bond acceptors (Lipinski definition) is 2. The Bertz CT molecular complexity index is 544. The number of benzene rings is 1. The maximum Gasteiger partial charge on any atom is 0.157 e. The highest BCUT2D eigenvalue weighted by atomic mass is 16.5. The van der Waals surface area contributed by atoms with Crippen molar-refractivity contribution in [1.29, 1.82) is 0 Å². The standard InChI is InChI=1S/C20H29NO2/c1-15(2)20(11-12-21-14-19-6-5-13-22-19)17-7-9-18(10-8-17)23-16(3)4/h5-10,13,15-16,20-21H,11-12,14H2,1-4H3/p+1/t20-/m1/s1. The molecule has 0 bridgehead atoms. The first kappa shape index (κ1) is 17.6. The van der Waals surface area contributed by atoms with Gasteiger partial charge in [0.15, 0.2) is 5.76 Å². The largest absolute Gasteiger partial charge is 0.491 e. The van der Waals surface area contributed by atoms with Crippen LogP contribution in [0.1, 0.15) is 51.4 Å². The molecule has 0 fully saturated rings. The van der Waals surface area contributed by atoms with Crippen molar-refractivity contribution >= 4 is 0 Å². The minimum Gasteiger partial charge on any atom is -0.491 e. The quantitative estimate of drug-likeness (QED) is 0.711. The number of ether oxygens (including phenoxy) is 1. The first-order valence-electron chi connectivity index (χ1n) is 8.67. The van der Waals surface area contributed by atoms with Gasteiger partial charge in [-0.3, -0.25) is 0 Å². The van der Waals surface area contributed by atoms with Gasteiger partial charge in [-0.15, -0.1) is 0 Å². The second-order valence-corrected chi connectivity index (χ2v) is 6.74. The van der Waals surface area contributed by atoms with Crippen molar-refractivity contribution in [2.45, 2.75) is 52.7 Å². The molecule has 0 saturated heterocycles. The van der Waals surface area contributed by atoms with E-state index in [1.165, 1.54) is 12.0 Å². The average molecular weight is 316 g/mol. The zero-order valence-corrected chi connectivity index (χ0v) is 14.8. The van der Waals surface area contributed by atoms with Gasteiger partial charge in [0.05, 0.1) is 18.9 Å². The van der Waals surface area contributed by atoms with Gasteiger partial charge >= 0.3 is 0 Å². The van der Waals surface area contributed by atoms with E-state index in [1.54, 1.807) is 6.26 Å². The molecule has 0 radical (unpaired) electrons. The Labute approximate surface area is 140 Å². The minimum atomic E-state index is 0.220. The second-order valence-electron chi connectivity index (χ2n) is 6.74. The molecule has 1 heterocycles. The first-order valence-corrected chi connectivity index (χ1v) is 8.67. The predicted octanol–water partition coefficient (Wildman–Crippen LogP) is 3.96. The first-order chi connectivity index (χ1) is 11.1. The third-order valence-electron chi connectivity index (χ3n) is 4.09. The van der Waals surface area contributed by atoms with E-state index in [4.69, 9.17) is 9.15 Å². The molecule has 1 atom stereocenters. The van der Waals surface area contributed by atoms with Crippen molar-refractivity contribution in [2.24, 2.45) is 5.92 Å². The molecule has 0 unspecified atom stereocenters. The molecule has 0 aliphatic heterocycles. The van der Waals surface area contributed by atoms with Crippen LogP contribution in [0.15, 0.2) is 47.1 Å². The minimum absolute atomic E-state index is 0.220. The van der Waals surface area contributed by atoms with Gasteiger partial charge in [0.25, 0.3) is 0 Å². The molecule has 23 heavy (non-hydrogen) atoms. The summed E-state index contributed by atoms with van der Waals surface area (Å²) in [5.41, 5.74) is 1.41. The molecule has 126 valence electrons. The average Bonchev–Trinajstić information content (AvgIpc) is 3.01. The van der Waals surface area contributed by atoms with Crippen LogP contribution in [0, 0.1) is 5.92 Å². The summed E-state index contributed by atoms with van der Waals surface area (Å²) in [6, 6.07) is 12.6. The van der Waals surface area contributed by atoms with Gasteiger partial charge in [-0.2, -0.15) is 0 Å². The van der Waals surface area contributed by atoms with Gasteiger partial charge in [-0.25, -0.2) is 0 Å². The Morgan fingerprint density at radius 1 is 1.04 bits per heavy atom. The molecule has 1 aromatic carbocycles. The van der Waals surface area contributed by atoms with Crippen LogP contribution in [0.5, 0.6) is 5.75 Å². The topological polar surface area (TPSA) is 39.0 Å². The maximum absolute atomic E-state index is 5.73. The zero-order valence-electron chi connectivity index (χ0n) is 14.8. The second kappa shape index (κ2) is 8.78. The smallest absolute Gasteiger partial charge is 0.157 e. The molecule has 2 N–H and O–H groups in total. The number of nitrogens with two attached hydrogens (primary N) is 1. The Hall–Kier alpha value is -1.74. The van der Waals surface area contributed by atoms with E-state index in [9.17, 15) is 0 Å². The Kier molecular flexibility index (Phi) is 6.72. The predicted molar refractivity (Wildman–Crippen MR) is 93.6 cm³/mol. The summed E-state index contributed by atoms with van der Waals surface area (Å²) in [6.07, 6.45) is 3.13. The molecule has 3 heteroatoms. The third kappa shape index (κ3) is 5.76. The van der Waals surface area contributed by atoms with Crippen molar-refractivity contribution in [2.75, 3.05) is 6.54 Å². The molecule has 0 saturated carbocycles. The molecule has 3 nitrogen and oxygen atoms in total. The Balaban J connectivity index is 1.87. The molecule has 0 amide bonds. The van der Waals surface area contributed by atoms with Crippen molar-refractivity contribution in [1.82, 2.24) is 0 Å². The Morgan fingerprint density at radius 3 is 2.35 bits per heavy atom. The van der Waals surface area contributed by atoms with E-state index >= 15 is 0 Å². The molecule has 0 aliphatic carbocycles. The molecule has 2 rings (SSSR count). The normalized spacial score (nSPS) is 12.8. The maximum atomic E-state index is 5.73. The van der Waals surface area contributed by atoms with Gasteiger partial charge in [-0.05, 0) is 55.5 Å². The fourth-order valence-electron chi connectivity index (χ4n) is 2.92. The summed E-state index contributed by atoms with van der Waals surface area (Å²) >= 11 is 0. The molecule has 2 aromatic rings. The molecule has 0 aliphatic rings. The van der Waals surface area contributed by atoms with Crippen molar-refractivity contribution in [3.05, 3.63) is 54.0 Å².